The van der Waals surface area contributed by atoms with Crippen molar-refractivity contribution in [3.63, 3.8) is 0 Å². The summed E-state index contributed by atoms with van der Waals surface area (Å²) in [7, 11) is 3.69. The van der Waals surface area contributed by atoms with Gasteiger partial charge in [0.2, 0.25) is 0 Å². The molecule has 0 spiro atoms. The van der Waals surface area contributed by atoms with Gasteiger partial charge in [-0.05, 0) is 92.6 Å². The Labute approximate surface area is 264 Å². The van der Waals surface area contributed by atoms with Crippen LogP contribution in [0.2, 0.25) is 0 Å². The number of carbonyl (C=O) groups is 1. The molecule has 6 rings (SSSR count). The number of urea groups is 1. The average Bonchev–Trinajstić information content (AvgIpc) is 3.60. The first-order valence-electron chi connectivity index (χ1n) is 15.7. The number of anilines is 1. The highest BCUT2D eigenvalue weighted by molar-refractivity contribution is 5.92. The van der Waals surface area contributed by atoms with Crippen LogP contribution in [-0.2, 0) is 17.6 Å². The number of hydrogen-bond acceptors (Lipinski definition) is 7. The molecule has 45 heavy (non-hydrogen) atoms. The summed E-state index contributed by atoms with van der Waals surface area (Å²) in [5.41, 5.74) is 4.68. The van der Waals surface area contributed by atoms with Crippen molar-refractivity contribution < 1.29 is 19.4 Å². The van der Waals surface area contributed by atoms with E-state index in [4.69, 9.17) is 9.47 Å². The van der Waals surface area contributed by atoms with Crippen LogP contribution in [-0.4, -0.2) is 51.3 Å². The average molecular weight is 613 g/mol. The molecule has 2 aromatic heterocycles. The maximum absolute atomic E-state index is 13.4. The third kappa shape index (κ3) is 5.84. The Bertz CT molecular complexity index is 1710. The van der Waals surface area contributed by atoms with Crippen LogP contribution in [0.25, 0.3) is 5.65 Å². The molecule has 2 aliphatic rings. The Balaban J connectivity index is 1.21. The summed E-state index contributed by atoms with van der Waals surface area (Å²) in [6, 6.07) is 15.4. The summed E-state index contributed by atoms with van der Waals surface area (Å²) in [4.78, 5) is 15.7. The predicted molar refractivity (Wildman–Crippen MR) is 174 cm³/mol. The van der Waals surface area contributed by atoms with Crippen molar-refractivity contribution in [1.29, 1.82) is 0 Å². The van der Waals surface area contributed by atoms with Gasteiger partial charge in [0.15, 0.2) is 11.5 Å². The zero-order valence-corrected chi connectivity index (χ0v) is 27.1. The summed E-state index contributed by atoms with van der Waals surface area (Å²) in [6.07, 6.45) is 5.43. The fraction of sp³-hybridized carbons (Fsp3) is 0.457. The molecule has 10 nitrogen and oxygen atoms in total. The Morgan fingerprint density at radius 3 is 2.58 bits per heavy atom. The van der Waals surface area contributed by atoms with Crippen LogP contribution in [0.3, 0.4) is 0 Å². The molecule has 10 heteroatoms. The summed E-state index contributed by atoms with van der Waals surface area (Å²) in [6.45, 7) is 9.35. The third-order valence-electron chi connectivity index (χ3n) is 9.53. The number of likely N-dealkylation sites (tertiary alicyclic amines) is 1. The van der Waals surface area contributed by atoms with Gasteiger partial charge in [0, 0.05) is 5.56 Å². The molecule has 2 aromatic carbocycles. The molecule has 0 bridgehead atoms. The lowest BCUT2D eigenvalue weighted by Gasteiger charge is -2.32. The lowest BCUT2D eigenvalue weighted by molar-refractivity contribution is 0.170. The normalized spacial score (nSPS) is 21.8. The van der Waals surface area contributed by atoms with Gasteiger partial charge < -0.3 is 25.2 Å². The van der Waals surface area contributed by atoms with Crippen molar-refractivity contribution in [2.24, 2.45) is 0 Å². The van der Waals surface area contributed by atoms with E-state index in [1.807, 2.05) is 42.6 Å². The van der Waals surface area contributed by atoms with Crippen LogP contribution in [0.15, 0.2) is 54.7 Å². The largest absolute Gasteiger partial charge is 0.494 e. The van der Waals surface area contributed by atoms with Gasteiger partial charge in [-0.2, -0.15) is 0 Å². The molecular weight excluding hydrogens is 568 g/mol. The summed E-state index contributed by atoms with van der Waals surface area (Å²) in [5, 5.41) is 25.2. The minimum atomic E-state index is -0.335. The molecule has 238 valence electrons. The van der Waals surface area contributed by atoms with Gasteiger partial charge in [0.05, 0.1) is 37.2 Å². The number of aromatic nitrogens is 3. The molecule has 1 aliphatic heterocycles. The Morgan fingerprint density at radius 1 is 1.11 bits per heavy atom. The van der Waals surface area contributed by atoms with E-state index in [1.54, 1.807) is 7.11 Å². The van der Waals surface area contributed by atoms with E-state index in [0.29, 0.717) is 23.4 Å². The molecule has 2 amide bonds. The zero-order chi connectivity index (χ0) is 31.9. The van der Waals surface area contributed by atoms with E-state index in [9.17, 15) is 9.90 Å². The number of amides is 2. The number of aliphatic hydroxyl groups excluding tert-OH is 1. The van der Waals surface area contributed by atoms with Crippen molar-refractivity contribution in [2.45, 2.75) is 83.1 Å². The molecule has 4 aromatic rings. The highest BCUT2D eigenvalue weighted by atomic mass is 16.5. The number of ether oxygens (including phenoxy) is 2. The van der Waals surface area contributed by atoms with Gasteiger partial charge in [-0.15, -0.1) is 10.2 Å². The van der Waals surface area contributed by atoms with Crippen molar-refractivity contribution in [3.05, 3.63) is 82.8 Å². The van der Waals surface area contributed by atoms with Crippen molar-refractivity contribution in [2.75, 3.05) is 26.0 Å². The molecular formula is C35H44N6O4. The van der Waals surface area contributed by atoms with Gasteiger partial charge in [-0.3, -0.25) is 9.30 Å². The van der Waals surface area contributed by atoms with Crippen LogP contribution in [0.1, 0.15) is 93.6 Å². The Kier molecular flexibility index (Phi) is 8.22. The lowest BCUT2D eigenvalue weighted by Crippen LogP contribution is -2.37. The molecule has 3 N–H and O–H groups in total. The first-order chi connectivity index (χ1) is 21.5. The van der Waals surface area contributed by atoms with Crippen molar-refractivity contribution in [1.82, 2.24) is 24.8 Å². The highest BCUT2D eigenvalue weighted by Gasteiger charge is 2.40. The molecule has 1 aliphatic carbocycles. The number of aliphatic hydroxyl groups is 1. The number of nitrogens with one attached hydrogen (secondary N) is 2. The predicted octanol–water partition coefficient (Wildman–Crippen LogP) is 6.25. The minimum absolute atomic E-state index is 0.167. The van der Waals surface area contributed by atoms with E-state index in [2.05, 4.69) is 77.0 Å². The smallest absolute Gasteiger partial charge is 0.319 e. The van der Waals surface area contributed by atoms with Crippen LogP contribution < -0.4 is 20.1 Å². The number of hydrogen-bond donors (Lipinski definition) is 3. The number of nitrogens with zero attached hydrogens (tertiary/aromatic N) is 4. The molecule has 0 unspecified atom stereocenters. The van der Waals surface area contributed by atoms with Crippen molar-refractivity contribution in [3.8, 4) is 11.5 Å². The van der Waals surface area contributed by atoms with E-state index in [-0.39, 0.29) is 35.7 Å². The molecule has 3 atom stereocenters. The summed E-state index contributed by atoms with van der Waals surface area (Å²) >= 11 is 0. The van der Waals surface area contributed by atoms with Gasteiger partial charge in [0.25, 0.3) is 0 Å². The second-order valence-electron chi connectivity index (χ2n) is 13.5. The summed E-state index contributed by atoms with van der Waals surface area (Å²) in [5.74, 6) is 2.14. The SMILES string of the molecule is COc1c(CO)cc(C(C)(C)C)cc1NC(=O)N[C@H]1CC[C@@H](Oc2ccc3nnc([C@]4(C)CCCN4C)n3c2)c2ccccc21. The number of pyridine rings is 1. The standard InChI is InChI=1S/C35H44N6O4/c1-34(2,3)23-18-22(21-42)31(44-6)28(19-23)37-33(43)36-27-13-14-29(26-11-8-7-10-25(26)27)45-24-12-15-30-38-39-32(41(30)20-24)35(4)16-9-17-40(35)5/h7-8,10-12,15,18-20,27,29,42H,9,13-14,16-17,21H2,1-6H3,(H2,36,37,43)/t27-,29+,35-/m0/s1. The second kappa shape index (κ2) is 12.0. The van der Waals surface area contributed by atoms with Crippen molar-refractivity contribution >= 4 is 17.4 Å². The Hall–Kier alpha value is -4.15. The van der Waals surface area contributed by atoms with E-state index in [1.165, 1.54) is 0 Å². The number of methoxy groups -OCH3 is 1. The van der Waals surface area contributed by atoms with Crippen LogP contribution in [0.5, 0.6) is 11.5 Å². The fourth-order valence-electron chi connectivity index (χ4n) is 6.77. The number of carbonyl (C=O) groups excluding carboxylic acids is 1. The topological polar surface area (TPSA) is 113 Å². The lowest BCUT2D eigenvalue weighted by atomic mass is 9.85. The Morgan fingerprint density at radius 2 is 1.89 bits per heavy atom. The number of rotatable bonds is 7. The van der Waals surface area contributed by atoms with Gasteiger partial charge in [-0.1, -0.05) is 45.0 Å². The molecule has 0 radical (unpaired) electrons. The molecule has 1 saturated heterocycles. The zero-order valence-electron chi connectivity index (χ0n) is 27.1. The first-order valence-corrected chi connectivity index (χ1v) is 15.7. The first kappa shape index (κ1) is 30.9. The maximum atomic E-state index is 13.4. The van der Waals surface area contributed by atoms with Gasteiger partial charge in [0.1, 0.15) is 17.6 Å². The number of fused-ring (bicyclic) bond motifs is 2. The van der Waals surface area contributed by atoms with Crippen LogP contribution >= 0.6 is 0 Å². The van der Waals surface area contributed by atoms with Crippen LogP contribution in [0, 0.1) is 0 Å². The van der Waals surface area contributed by atoms with E-state index >= 15 is 0 Å². The van der Waals surface area contributed by atoms with Gasteiger partial charge >= 0.3 is 6.03 Å². The van der Waals surface area contributed by atoms with E-state index < -0.39 is 0 Å². The molecule has 0 saturated carbocycles. The third-order valence-corrected chi connectivity index (χ3v) is 9.53. The second-order valence-corrected chi connectivity index (χ2v) is 13.5. The fourth-order valence-corrected chi connectivity index (χ4v) is 6.77. The maximum Gasteiger partial charge on any atom is 0.319 e. The molecule has 1 fully saturated rings. The highest BCUT2D eigenvalue weighted by Crippen LogP contribution is 2.41. The van der Waals surface area contributed by atoms with Crippen LogP contribution in [0.4, 0.5) is 10.5 Å². The van der Waals surface area contributed by atoms with E-state index in [0.717, 1.165) is 59.7 Å². The summed E-state index contributed by atoms with van der Waals surface area (Å²) < 4.78 is 14.3. The molecule has 3 heterocycles. The monoisotopic (exact) mass is 612 g/mol. The quantitative estimate of drug-likeness (QED) is 0.226. The number of benzene rings is 2. The minimum Gasteiger partial charge on any atom is -0.494 e. The van der Waals surface area contributed by atoms with Gasteiger partial charge in [-0.25, -0.2) is 4.79 Å².